The zero-order valence-corrected chi connectivity index (χ0v) is 12.4. The third-order valence-electron chi connectivity index (χ3n) is 3.34. The maximum absolute atomic E-state index is 6.32. The molecule has 1 unspecified atom stereocenters. The van der Waals surface area contributed by atoms with Crippen LogP contribution < -0.4 is 5.73 Å². The van der Waals surface area contributed by atoms with E-state index in [1.807, 2.05) is 42.9 Å². The van der Waals surface area contributed by atoms with E-state index in [1.165, 1.54) is 0 Å². The molecule has 1 aromatic carbocycles. The highest BCUT2D eigenvalue weighted by Gasteiger charge is 2.13. The highest BCUT2D eigenvalue weighted by Crippen LogP contribution is 2.19. The molecule has 2 rings (SSSR count). The van der Waals surface area contributed by atoms with Gasteiger partial charge in [0.05, 0.1) is 37.5 Å². The van der Waals surface area contributed by atoms with Crippen LogP contribution in [-0.4, -0.2) is 36.5 Å². The van der Waals surface area contributed by atoms with Crippen LogP contribution in [0.5, 0.6) is 0 Å². The van der Waals surface area contributed by atoms with E-state index in [2.05, 4.69) is 9.55 Å². The van der Waals surface area contributed by atoms with Gasteiger partial charge in [-0.2, -0.15) is 0 Å². The van der Waals surface area contributed by atoms with E-state index in [-0.39, 0.29) is 6.04 Å². The van der Waals surface area contributed by atoms with Gasteiger partial charge in [-0.15, -0.1) is 0 Å². The summed E-state index contributed by atoms with van der Waals surface area (Å²) in [5, 5.41) is 0. The van der Waals surface area contributed by atoms with E-state index in [1.54, 1.807) is 7.11 Å². The maximum Gasteiger partial charge on any atom is 0.0948 e. The summed E-state index contributed by atoms with van der Waals surface area (Å²) >= 11 is 0. The maximum atomic E-state index is 6.32. The van der Waals surface area contributed by atoms with Crippen molar-refractivity contribution in [1.82, 2.24) is 9.55 Å². The molecule has 21 heavy (non-hydrogen) atoms. The van der Waals surface area contributed by atoms with Crippen molar-refractivity contribution in [3.63, 3.8) is 0 Å². The van der Waals surface area contributed by atoms with Gasteiger partial charge in [-0.25, -0.2) is 4.98 Å². The van der Waals surface area contributed by atoms with E-state index in [0.717, 1.165) is 24.2 Å². The third kappa shape index (κ3) is 4.67. The van der Waals surface area contributed by atoms with E-state index in [0.29, 0.717) is 19.8 Å². The molecule has 0 saturated heterocycles. The Bertz CT molecular complexity index is 513. The molecule has 5 nitrogen and oxygen atoms in total. The molecule has 0 aliphatic rings. The van der Waals surface area contributed by atoms with Crippen LogP contribution in [0.15, 0.2) is 42.9 Å². The van der Waals surface area contributed by atoms with Crippen molar-refractivity contribution in [1.29, 1.82) is 0 Å². The van der Waals surface area contributed by atoms with Gasteiger partial charge in [0.2, 0.25) is 0 Å². The summed E-state index contributed by atoms with van der Waals surface area (Å²) in [5.74, 6) is 0. The summed E-state index contributed by atoms with van der Waals surface area (Å²) in [5.41, 5.74) is 8.44. The minimum Gasteiger partial charge on any atom is -0.382 e. The molecule has 0 aliphatic carbocycles. The smallest absolute Gasteiger partial charge is 0.0948 e. The predicted molar refractivity (Wildman–Crippen MR) is 82.0 cm³/mol. The number of nitrogens with zero attached hydrogens (tertiary/aromatic N) is 2. The zero-order valence-electron chi connectivity index (χ0n) is 12.4. The first kappa shape index (κ1) is 15.7. The zero-order chi connectivity index (χ0) is 14.9. The minimum absolute atomic E-state index is 0.150. The lowest BCUT2D eigenvalue weighted by molar-refractivity contribution is 0.0679. The summed E-state index contributed by atoms with van der Waals surface area (Å²) in [6, 6.07) is 9.92. The van der Waals surface area contributed by atoms with Gasteiger partial charge in [0, 0.05) is 20.3 Å². The Morgan fingerprint density at radius 3 is 2.76 bits per heavy atom. The van der Waals surface area contributed by atoms with Crippen LogP contribution in [0.1, 0.15) is 23.7 Å². The molecular weight excluding hydrogens is 266 g/mol. The number of hydrogen-bond acceptors (Lipinski definition) is 4. The molecule has 0 aliphatic heterocycles. The number of aromatic nitrogens is 2. The number of methoxy groups -OCH3 is 1. The molecule has 2 aromatic rings. The van der Waals surface area contributed by atoms with E-state index >= 15 is 0 Å². The summed E-state index contributed by atoms with van der Waals surface area (Å²) in [6.45, 7) is 2.83. The van der Waals surface area contributed by atoms with Crippen molar-refractivity contribution in [2.75, 3.05) is 26.9 Å². The fraction of sp³-hybridized carbons (Fsp3) is 0.438. The van der Waals surface area contributed by atoms with Gasteiger partial charge in [0.1, 0.15) is 0 Å². The number of aryl methyl sites for hydroxylation is 1. The van der Waals surface area contributed by atoms with Crippen LogP contribution in [0.25, 0.3) is 0 Å². The Morgan fingerprint density at radius 1 is 1.19 bits per heavy atom. The fourth-order valence-corrected chi connectivity index (χ4v) is 2.19. The first-order chi connectivity index (χ1) is 10.3. The molecular formula is C16H23N3O2. The molecule has 0 saturated carbocycles. The number of nitrogens with two attached hydrogens (primary N) is 1. The van der Waals surface area contributed by atoms with Crippen LogP contribution in [0.3, 0.4) is 0 Å². The molecule has 0 radical (unpaired) electrons. The van der Waals surface area contributed by atoms with Gasteiger partial charge in [0.15, 0.2) is 0 Å². The normalized spacial score (nSPS) is 12.5. The second kappa shape index (κ2) is 8.56. The Balaban J connectivity index is 1.87. The number of ether oxygens (including phenoxy) is 2. The summed E-state index contributed by atoms with van der Waals surface area (Å²) in [4.78, 5) is 4.22. The SMILES string of the molecule is COCCOCCCn1cncc1C(N)c1ccccc1. The third-order valence-corrected chi connectivity index (χ3v) is 3.34. The van der Waals surface area contributed by atoms with Gasteiger partial charge in [-0.3, -0.25) is 0 Å². The molecule has 1 aromatic heterocycles. The van der Waals surface area contributed by atoms with Gasteiger partial charge in [0.25, 0.3) is 0 Å². The quantitative estimate of drug-likeness (QED) is 0.717. The monoisotopic (exact) mass is 289 g/mol. The Kier molecular flexibility index (Phi) is 6.40. The first-order valence-corrected chi connectivity index (χ1v) is 7.20. The number of rotatable bonds is 9. The lowest BCUT2D eigenvalue weighted by Gasteiger charge is -2.15. The topological polar surface area (TPSA) is 62.3 Å². The van der Waals surface area contributed by atoms with Crippen molar-refractivity contribution >= 4 is 0 Å². The lowest BCUT2D eigenvalue weighted by atomic mass is 10.1. The van der Waals surface area contributed by atoms with E-state index in [9.17, 15) is 0 Å². The summed E-state index contributed by atoms with van der Waals surface area (Å²) in [6.07, 6.45) is 4.59. The van der Waals surface area contributed by atoms with Crippen LogP contribution >= 0.6 is 0 Å². The standard InChI is InChI=1S/C16H23N3O2/c1-20-10-11-21-9-5-8-19-13-18-12-15(19)16(17)14-6-3-2-4-7-14/h2-4,6-7,12-13,16H,5,8-11,17H2,1H3. The van der Waals surface area contributed by atoms with Gasteiger partial charge >= 0.3 is 0 Å². The number of benzene rings is 1. The second-order valence-corrected chi connectivity index (χ2v) is 4.86. The minimum atomic E-state index is -0.150. The van der Waals surface area contributed by atoms with Crippen molar-refractivity contribution < 1.29 is 9.47 Å². The first-order valence-electron chi connectivity index (χ1n) is 7.20. The largest absolute Gasteiger partial charge is 0.382 e. The van der Waals surface area contributed by atoms with Crippen LogP contribution in [0.4, 0.5) is 0 Å². The Morgan fingerprint density at radius 2 is 2.00 bits per heavy atom. The molecule has 1 heterocycles. The predicted octanol–water partition coefficient (Wildman–Crippen LogP) is 1.98. The van der Waals surface area contributed by atoms with E-state index < -0.39 is 0 Å². The van der Waals surface area contributed by atoms with Crippen molar-refractivity contribution in [2.24, 2.45) is 5.73 Å². The van der Waals surface area contributed by atoms with Gasteiger partial charge < -0.3 is 19.8 Å². The molecule has 1 atom stereocenters. The Labute approximate surface area is 125 Å². The van der Waals surface area contributed by atoms with E-state index in [4.69, 9.17) is 15.2 Å². The van der Waals surface area contributed by atoms with Gasteiger partial charge in [-0.05, 0) is 12.0 Å². The molecule has 0 amide bonds. The lowest BCUT2D eigenvalue weighted by Crippen LogP contribution is -2.17. The molecule has 114 valence electrons. The van der Waals surface area contributed by atoms with Crippen LogP contribution in [0, 0.1) is 0 Å². The number of hydrogen-bond donors (Lipinski definition) is 1. The molecule has 0 bridgehead atoms. The molecule has 0 fully saturated rings. The Hall–Kier alpha value is -1.69. The highest BCUT2D eigenvalue weighted by molar-refractivity contribution is 5.26. The summed E-state index contributed by atoms with van der Waals surface area (Å²) < 4.78 is 12.5. The fourth-order valence-electron chi connectivity index (χ4n) is 2.19. The average molecular weight is 289 g/mol. The van der Waals surface area contributed by atoms with Crippen molar-refractivity contribution in [3.8, 4) is 0 Å². The van der Waals surface area contributed by atoms with Crippen LogP contribution in [-0.2, 0) is 16.0 Å². The molecule has 0 spiro atoms. The average Bonchev–Trinajstić information content (AvgIpc) is 2.99. The molecule has 5 heteroatoms. The van der Waals surface area contributed by atoms with Crippen molar-refractivity contribution in [2.45, 2.75) is 19.0 Å². The molecule has 2 N–H and O–H groups in total. The van der Waals surface area contributed by atoms with Crippen LogP contribution in [0.2, 0.25) is 0 Å². The highest BCUT2D eigenvalue weighted by atomic mass is 16.5. The van der Waals surface area contributed by atoms with Gasteiger partial charge in [-0.1, -0.05) is 30.3 Å². The second-order valence-electron chi connectivity index (χ2n) is 4.86. The number of imidazole rings is 1. The van der Waals surface area contributed by atoms with Crippen molar-refractivity contribution in [3.05, 3.63) is 54.1 Å². The summed E-state index contributed by atoms with van der Waals surface area (Å²) in [7, 11) is 1.67.